The molecule has 8 heteroatoms. The third kappa shape index (κ3) is 3.60. The normalized spacial score (nSPS) is 14.9. The summed E-state index contributed by atoms with van der Waals surface area (Å²) >= 11 is 11.4. The molecule has 0 saturated heterocycles. The maximum Gasteiger partial charge on any atom is 0.324 e. The first kappa shape index (κ1) is 16.2. The number of carbonyl (C=O) groups is 1. The summed E-state index contributed by atoms with van der Waals surface area (Å²) in [5.74, 6) is -1.25. The lowest BCUT2D eigenvalue weighted by Gasteiger charge is -2.24. The molecule has 1 aromatic carbocycles. The van der Waals surface area contributed by atoms with Crippen molar-refractivity contribution in [2.45, 2.75) is 30.7 Å². The number of carboxylic acid groups (broad SMARTS) is 1. The van der Waals surface area contributed by atoms with Gasteiger partial charge in [0.2, 0.25) is 10.0 Å². The van der Waals surface area contributed by atoms with Gasteiger partial charge in [0.05, 0.1) is 14.9 Å². The van der Waals surface area contributed by atoms with Gasteiger partial charge in [-0.05, 0) is 31.5 Å². The van der Waals surface area contributed by atoms with Gasteiger partial charge in [-0.3, -0.25) is 4.79 Å². The third-order valence-electron chi connectivity index (χ3n) is 2.74. The van der Waals surface area contributed by atoms with Crippen molar-refractivity contribution in [1.82, 2.24) is 4.72 Å². The minimum Gasteiger partial charge on any atom is -0.480 e. The van der Waals surface area contributed by atoms with Crippen LogP contribution in [0.25, 0.3) is 0 Å². The number of sulfonamides is 1. The molecule has 0 bridgehead atoms. The van der Waals surface area contributed by atoms with Crippen molar-refractivity contribution in [3.05, 3.63) is 28.2 Å². The standard InChI is InChI=1S/C11H13Cl2NO4S/c1-3-11(2,10(15)16)14-19(17,18)7-4-5-8(12)9(13)6-7/h4-6,14H,3H2,1-2H3,(H,15,16). The Morgan fingerprint density at radius 3 is 2.37 bits per heavy atom. The fourth-order valence-electron chi connectivity index (χ4n) is 1.27. The number of halogens is 2. The average Bonchev–Trinajstić information content (AvgIpc) is 2.31. The Bertz CT molecular complexity index is 603. The van der Waals surface area contributed by atoms with Crippen LogP contribution in [0, 0.1) is 0 Å². The number of hydrogen-bond acceptors (Lipinski definition) is 3. The smallest absolute Gasteiger partial charge is 0.324 e. The number of rotatable bonds is 5. The second-order valence-corrected chi connectivity index (χ2v) is 6.67. The van der Waals surface area contributed by atoms with Gasteiger partial charge in [-0.25, -0.2) is 8.42 Å². The minimum absolute atomic E-state index is 0.0815. The maximum atomic E-state index is 12.1. The van der Waals surface area contributed by atoms with Gasteiger partial charge in [-0.2, -0.15) is 4.72 Å². The first-order valence-corrected chi connectivity index (χ1v) is 7.59. The maximum absolute atomic E-state index is 12.1. The predicted molar refractivity (Wildman–Crippen MR) is 73.1 cm³/mol. The number of carboxylic acids is 1. The molecule has 0 fully saturated rings. The third-order valence-corrected chi connectivity index (χ3v) is 5.07. The summed E-state index contributed by atoms with van der Waals surface area (Å²) in [6, 6.07) is 3.77. The van der Waals surface area contributed by atoms with E-state index in [0.717, 1.165) is 0 Å². The van der Waals surface area contributed by atoms with Crippen molar-refractivity contribution in [3.8, 4) is 0 Å². The molecule has 1 aromatic rings. The summed E-state index contributed by atoms with van der Waals surface area (Å²) in [5.41, 5.74) is -1.58. The van der Waals surface area contributed by atoms with Gasteiger partial charge in [0.25, 0.3) is 0 Å². The molecule has 5 nitrogen and oxygen atoms in total. The van der Waals surface area contributed by atoms with Crippen LogP contribution in [0.2, 0.25) is 10.0 Å². The Labute approximate surface area is 121 Å². The first-order chi connectivity index (χ1) is 8.62. The van der Waals surface area contributed by atoms with Crippen molar-refractivity contribution in [2.75, 3.05) is 0 Å². The number of hydrogen-bond donors (Lipinski definition) is 2. The van der Waals surface area contributed by atoms with Gasteiger partial charge in [0.15, 0.2) is 0 Å². The monoisotopic (exact) mass is 325 g/mol. The molecule has 0 aliphatic carbocycles. The molecule has 106 valence electrons. The van der Waals surface area contributed by atoms with Crippen LogP contribution in [0.3, 0.4) is 0 Å². The molecule has 0 radical (unpaired) electrons. The van der Waals surface area contributed by atoms with E-state index in [1.165, 1.54) is 25.1 Å². The average molecular weight is 326 g/mol. The minimum atomic E-state index is -3.99. The molecule has 0 aliphatic rings. The highest BCUT2D eigenvalue weighted by atomic mass is 35.5. The summed E-state index contributed by atoms with van der Waals surface area (Å²) in [4.78, 5) is 11.0. The Hall–Kier alpha value is -0.820. The molecule has 0 aromatic heterocycles. The van der Waals surface area contributed by atoms with Gasteiger partial charge >= 0.3 is 5.97 Å². The quantitative estimate of drug-likeness (QED) is 0.871. The van der Waals surface area contributed by atoms with E-state index in [0.29, 0.717) is 0 Å². The molecule has 0 spiro atoms. The van der Waals surface area contributed by atoms with Gasteiger partial charge in [-0.15, -0.1) is 0 Å². The van der Waals surface area contributed by atoms with Gasteiger partial charge in [-0.1, -0.05) is 30.1 Å². The van der Waals surface area contributed by atoms with Crippen LogP contribution in [-0.2, 0) is 14.8 Å². The first-order valence-electron chi connectivity index (χ1n) is 5.35. The van der Waals surface area contributed by atoms with E-state index in [4.69, 9.17) is 28.3 Å². The summed E-state index contributed by atoms with van der Waals surface area (Å²) < 4.78 is 26.3. The van der Waals surface area contributed by atoms with E-state index in [9.17, 15) is 13.2 Å². The van der Waals surface area contributed by atoms with E-state index in [-0.39, 0.29) is 21.4 Å². The lowest BCUT2D eigenvalue weighted by Crippen LogP contribution is -2.51. The van der Waals surface area contributed by atoms with E-state index in [2.05, 4.69) is 4.72 Å². The van der Waals surface area contributed by atoms with Crippen LogP contribution in [0.5, 0.6) is 0 Å². The highest BCUT2D eigenvalue weighted by Gasteiger charge is 2.36. The van der Waals surface area contributed by atoms with E-state index < -0.39 is 21.5 Å². The van der Waals surface area contributed by atoms with E-state index >= 15 is 0 Å². The topological polar surface area (TPSA) is 83.5 Å². The van der Waals surface area contributed by atoms with Crippen LogP contribution in [0.4, 0.5) is 0 Å². The zero-order valence-corrected chi connectivity index (χ0v) is 12.6. The van der Waals surface area contributed by atoms with E-state index in [1.54, 1.807) is 6.92 Å². The molecular formula is C11H13Cl2NO4S. The fraction of sp³-hybridized carbons (Fsp3) is 0.364. The summed E-state index contributed by atoms with van der Waals surface area (Å²) in [6.45, 7) is 2.87. The number of aliphatic carboxylic acids is 1. The van der Waals surface area contributed by atoms with Crippen LogP contribution in [0.1, 0.15) is 20.3 Å². The van der Waals surface area contributed by atoms with Crippen LogP contribution >= 0.6 is 23.2 Å². The highest BCUT2D eigenvalue weighted by Crippen LogP contribution is 2.25. The largest absolute Gasteiger partial charge is 0.480 e. The lowest BCUT2D eigenvalue weighted by molar-refractivity contribution is -0.143. The second-order valence-electron chi connectivity index (χ2n) is 4.17. The zero-order valence-electron chi connectivity index (χ0n) is 10.3. The molecule has 19 heavy (non-hydrogen) atoms. The molecule has 0 amide bonds. The highest BCUT2D eigenvalue weighted by molar-refractivity contribution is 7.89. The lowest BCUT2D eigenvalue weighted by atomic mass is 10.0. The second kappa shape index (κ2) is 5.66. The molecule has 1 unspecified atom stereocenters. The Balaban J connectivity index is 3.18. The Kier molecular flexibility index (Phi) is 4.84. The molecular weight excluding hydrogens is 313 g/mol. The predicted octanol–water partition coefficient (Wildman–Crippen LogP) is 2.53. The summed E-state index contributed by atoms with van der Waals surface area (Å²) in [5, 5.41) is 9.37. The molecule has 0 aliphatic heterocycles. The van der Waals surface area contributed by atoms with Gasteiger partial charge < -0.3 is 5.11 Å². The van der Waals surface area contributed by atoms with Crippen molar-refractivity contribution in [1.29, 1.82) is 0 Å². The van der Waals surface area contributed by atoms with Crippen molar-refractivity contribution in [3.63, 3.8) is 0 Å². The number of nitrogens with one attached hydrogen (secondary N) is 1. The van der Waals surface area contributed by atoms with E-state index in [1.807, 2.05) is 0 Å². The molecule has 0 saturated carbocycles. The van der Waals surface area contributed by atoms with Crippen LogP contribution < -0.4 is 4.72 Å². The number of benzene rings is 1. The summed E-state index contributed by atoms with van der Waals surface area (Å²) in [6.07, 6.45) is 0.100. The van der Waals surface area contributed by atoms with Gasteiger partial charge in [0, 0.05) is 0 Å². The van der Waals surface area contributed by atoms with Crippen LogP contribution in [-0.4, -0.2) is 25.0 Å². The van der Waals surface area contributed by atoms with Crippen molar-refractivity contribution < 1.29 is 18.3 Å². The van der Waals surface area contributed by atoms with Crippen LogP contribution in [0.15, 0.2) is 23.1 Å². The molecule has 2 N–H and O–H groups in total. The SMILES string of the molecule is CCC(C)(NS(=O)(=O)c1ccc(Cl)c(Cl)c1)C(=O)O. The van der Waals surface area contributed by atoms with Crippen molar-refractivity contribution >= 4 is 39.2 Å². The van der Waals surface area contributed by atoms with Crippen molar-refractivity contribution in [2.24, 2.45) is 0 Å². The molecule has 0 heterocycles. The molecule has 1 atom stereocenters. The molecule has 1 rings (SSSR count). The van der Waals surface area contributed by atoms with Gasteiger partial charge in [0.1, 0.15) is 5.54 Å². The Morgan fingerprint density at radius 2 is 1.95 bits per heavy atom. The Morgan fingerprint density at radius 1 is 1.37 bits per heavy atom. The zero-order chi connectivity index (χ0) is 14.8. The summed E-state index contributed by atoms with van der Waals surface area (Å²) in [7, 11) is -3.99. The fourth-order valence-corrected chi connectivity index (χ4v) is 3.09.